The Morgan fingerprint density at radius 3 is 2.89 bits per heavy atom. The van der Waals surface area contributed by atoms with Crippen LogP contribution in [0.2, 0.25) is 0 Å². The molecule has 1 fully saturated rings. The zero-order chi connectivity index (χ0) is 13.8. The lowest BCUT2D eigenvalue weighted by molar-refractivity contribution is -0.137. The van der Waals surface area contributed by atoms with Crippen LogP contribution in [0.5, 0.6) is 0 Å². The minimum Gasteiger partial charge on any atom is -0.450 e. The molecule has 2 rings (SSSR count). The van der Waals surface area contributed by atoms with E-state index >= 15 is 0 Å². The monoisotopic (exact) mass is 329 g/mol. The SMILES string of the molecule is C[C@@H]1CCCCN1C(=O)COC(=O)c1ccc(Br)o1. The maximum absolute atomic E-state index is 12.0. The van der Waals surface area contributed by atoms with Gasteiger partial charge in [0, 0.05) is 12.6 Å². The molecule has 1 aliphatic heterocycles. The Morgan fingerprint density at radius 1 is 1.47 bits per heavy atom. The van der Waals surface area contributed by atoms with Gasteiger partial charge in [-0.1, -0.05) is 0 Å². The van der Waals surface area contributed by atoms with Gasteiger partial charge >= 0.3 is 5.97 Å². The van der Waals surface area contributed by atoms with Gasteiger partial charge < -0.3 is 14.1 Å². The summed E-state index contributed by atoms with van der Waals surface area (Å²) in [4.78, 5) is 25.4. The van der Waals surface area contributed by atoms with Crippen molar-refractivity contribution < 1.29 is 18.7 Å². The molecule has 0 saturated carbocycles. The highest BCUT2D eigenvalue weighted by atomic mass is 79.9. The van der Waals surface area contributed by atoms with E-state index in [4.69, 9.17) is 9.15 Å². The molecule has 1 amide bonds. The number of amides is 1. The molecule has 5 nitrogen and oxygen atoms in total. The van der Waals surface area contributed by atoms with Crippen LogP contribution in [0.15, 0.2) is 21.2 Å². The largest absolute Gasteiger partial charge is 0.450 e. The van der Waals surface area contributed by atoms with Crippen molar-refractivity contribution in [2.45, 2.75) is 32.2 Å². The van der Waals surface area contributed by atoms with Crippen LogP contribution in [0.25, 0.3) is 0 Å². The summed E-state index contributed by atoms with van der Waals surface area (Å²) in [5.74, 6) is -0.679. The van der Waals surface area contributed by atoms with Crippen LogP contribution in [0.4, 0.5) is 0 Å². The highest BCUT2D eigenvalue weighted by Gasteiger charge is 2.24. The van der Waals surface area contributed by atoms with Gasteiger partial charge in [0.2, 0.25) is 5.76 Å². The average Bonchev–Trinajstić information content (AvgIpc) is 2.83. The van der Waals surface area contributed by atoms with Crippen LogP contribution in [0, 0.1) is 0 Å². The van der Waals surface area contributed by atoms with Crippen LogP contribution >= 0.6 is 15.9 Å². The summed E-state index contributed by atoms with van der Waals surface area (Å²) in [6.07, 6.45) is 3.16. The van der Waals surface area contributed by atoms with E-state index in [-0.39, 0.29) is 24.3 Å². The highest BCUT2D eigenvalue weighted by molar-refractivity contribution is 9.10. The second kappa shape index (κ2) is 6.23. The number of nitrogens with zero attached hydrogens (tertiary/aromatic N) is 1. The van der Waals surface area contributed by atoms with Crippen LogP contribution in [0.3, 0.4) is 0 Å². The molecule has 0 aliphatic carbocycles. The van der Waals surface area contributed by atoms with Crippen LogP contribution < -0.4 is 0 Å². The highest BCUT2D eigenvalue weighted by Crippen LogP contribution is 2.17. The first-order chi connectivity index (χ1) is 9.08. The molecule has 1 aromatic rings. The molecule has 0 radical (unpaired) electrons. The molecule has 0 aromatic carbocycles. The minimum absolute atomic E-state index is 0.0892. The molecular weight excluding hydrogens is 314 g/mol. The van der Waals surface area contributed by atoms with Crippen molar-refractivity contribution in [3.63, 3.8) is 0 Å². The fourth-order valence-corrected chi connectivity index (χ4v) is 2.48. The maximum Gasteiger partial charge on any atom is 0.374 e. The number of furan rings is 1. The van der Waals surface area contributed by atoms with Crippen molar-refractivity contribution in [2.24, 2.45) is 0 Å². The molecule has 0 bridgehead atoms. The number of carbonyl (C=O) groups is 2. The Hall–Kier alpha value is -1.30. The number of hydrogen-bond donors (Lipinski definition) is 0. The Kier molecular flexibility index (Phi) is 4.63. The smallest absolute Gasteiger partial charge is 0.374 e. The minimum atomic E-state index is -0.622. The van der Waals surface area contributed by atoms with Crippen LogP contribution in [-0.2, 0) is 9.53 Å². The van der Waals surface area contributed by atoms with E-state index in [0.717, 1.165) is 25.8 Å². The summed E-state index contributed by atoms with van der Waals surface area (Å²) < 4.78 is 10.5. The zero-order valence-corrected chi connectivity index (χ0v) is 12.3. The third-order valence-electron chi connectivity index (χ3n) is 3.22. The predicted molar refractivity (Wildman–Crippen MR) is 71.7 cm³/mol. The summed E-state index contributed by atoms with van der Waals surface area (Å²) in [6.45, 7) is 2.52. The molecule has 104 valence electrons. The van der Waals surface area contributed by atoms with Gasteiger partial charge in [-0.2, -0.15) is 0 Å². The lowest BCUT2D eigenvalue weighted by Gasteiger charge is -2.33. The van der Waals surface area contributed by atoms with E-state index in [1.165, 1.54) is 6.07 Å². The molecule has 6 heteroatoms. The number of rotatable bonds is 3. The fourth-order valence-electron chi connectivity index (χ4n) is 2.17. The third kappa shape index (κ3) is 3.59. The number of hydrogen-bond acceptors (Lipinski definition) is 4. The molecule has 1 aromatic heterocycles. The van der Waals surface area contributed by atoms with Crippen molar-refractivity contribution in [1.82, 2.24) is 4.90 Å². The van der Waals surface area contributed by atoms with E-state index in [1.807, 2.05) is 6.92 Å². The summed E-state index contributed by atoms with van der Waals surface area (Å²) >= 11 is 3.10. The van der Waals surface area contributed by atoms with Crippen molar-refractivity contribution in [3.05, 3.63) is 22.6 Å². The number of ether oxygens (including phenoxy) is 1. The predicted octanol–water partition coefficient (Wildman–Crippen LogP) is 2.60. The Labute approximate surface area is 120 Å². The van der Waals surface area contributed by atoms with Gasteiger partial charge in [0.05, 0.1) is 0 Å². The number of carbonyl (C=O) groups excluding carboxylic acids is 2. The summed E-state index contributed by atoms with van der Waals surface area (Å²) in [7, 11) is 0. The van der Waals surface area contributed by atoms with Crippen molar-refractivity contribution in [3.8, 4) is 0 Å². The molecule has 0 unspecified atom stereocenters. The zero-order valence-electron chi connectivity index (χ0n) is 10.7. The molecule has 1 atom stereocenters. The first kappa shape index (κ1) is 14.1. The lowest BCUT2D eigenvalue weighted by atomic mass is 10.0. The second-order valence-electron chi connectivity index (χ2n) is 4.61. The van der Waals surface area contributed by atoms with Crippen LogP contribution in [-0.4, -0.2) is 36.0 Å². The van der Waals surface area contributed by atoms with Crippen molar-refractivity contribution in [2.75, 3.05) is 13.2 Å². The summed E-state index contributed by atoms with van der Waals surface area (Å²) in [5, 5.41) is 0. The standard InChI is InChI=1S/C13H16BrNO4/c1-9-4-2-3-7-15(9)12(16)8-18-13(17)10-5-6-11(14)19-10/h5-6,9H,2-4,7-8H2,1H3/t9-/m1/s1. The van der Waals surface area contributed by atoms with E-state index in [2.05, 4.69) is 15.9 Å². The molecular formula is C13H16BrNO4. The molecule has 2 heterocycles. The summed E-state index contributed by atoms with van der Waals surface area (Å²) in [6, 6.07) is 3.32. The van der Waals surface area contributed by atoms with Gasteiger partial charge in [-0.15, -0.1) is 0 Å². The molecule has 19 heavy (non-hydrogen) atoms. The summed E-state index contributed by atoms with van der Waals surface area (Å²) in [5.41, 5.74) is 0. The lowest BCUT2D eigenvalue weighted by Crippen LogP contribution is -2.44. The van der Waals surface area contributed by atoms with Gasteiger partial charge in [-0.25, -0.2) is 4.79 Å². The number of likely N-dealkylation sites (tertiary alicyclic amines) is 1. The first-order valence-corrected chi connectivity index (χ1v) is 7.09. The average molecular weight is 330 g/mol. The van der Waals surface area contributed by atoms with Gasteiger partial charge in [-0.05, 0) is 54.2 Å². The quantitative estimate of drug-likeness (QED) is 0.800. The van der Waals surface area contributed by atoms with Crippen molar-refractivity contribution in [1.29, 1.82) is 0 Å². The van der Waals surface area contributed by atoms with E-state index in [9.17, 15) is 9.59 Å². The van der Waals surface area contributed by atoms with Crippen LogP contribution in [0.1, 0.15) is 36.7 Å². The van der Waals surface area contributed by atoms with Crippen molar-refractivity contribution >= 4 is 27.8 Å². The maximum atomic E-state index is 12.0. The van der Waals surface area contributed by atoms with E-state index < -0.39 is 5.97 Å². The number of piperidine rings is 1. The number of halogens is 1. The molecule has 0 N–H and O–H groups in total. The second-order valence-corrected chi connectivity index (χ2v) is 5.39. The Morgan fingerprint density at radius 2 is 2.26 bits per heavy atom. The van der Waals surface area contributed by atoms with Gasteiger partial charge in [0.15, 0.2) is 11.3 Å². The van der Waals surface area contributed by atoms with Gasteiger partial charge in [0.1, 0.15) is 0 Å². The molecule has 0 spiro atoms. The normalized spacial score (nSPS) is 19.3. The van der Waals surface area contributed by atoms with E-state index in [0.29, 0.717) is 4.67 Å². The first-order valence-electron chi connectivity index (χ1n) is 6.30. The molecule has 1 aliphatic rings. The third-order valence-corrected chi connectivity index (χ3v) is 3.65. The Bertz CT molecular complexity index is 471. The topological polar surface area (TPSA) is 59.8 Å². The molecule has 1 saturated heterocycles. The fraction of sp³-hybridized carbons (Fsp3) is 0.538. The van der Waals surface area contributed by atoms with Gasteiger partial charge in [-0.3, -0.25) is 4.79 Å². The van der Waals surface area contributed by atoms with Gasteiger partial charge in [0.25, 0.3) is 5.91 Å². The number of esters is 1. The van der Waals surface area contributed by atoms with E-state index in [1.54, 1.807) is 11.0 Å². The Balaban J connectivity index is 1.84.